The highest BCUT2D eigenvalue weighted by molar-refractivity contribution is 6.36. The maximum Gasteiger partial charge on any atom is 0.205 e. The molecule has 3 aromatic rings. The first-order chi connectivity index (χ1) is 13.9. The molecule has 0 spiro atoms. The summed E-state index contributed by atoms with van der Waals surface area (Å²) >= 11 is 12.0. The summed E-state index contributed by atoms with van der Waals surface area (Å²) in [6.07, 6.45) is 5.26. The number of nitrogens with two attached hydrogens (primary N) is 1. The fourth-order valence-electron chi connectivity index (χ4n) is 3.39. The molecule has 29 heavy (non-hydrogen) atoms. The first-order valence-corrected chi connectivity index (χ1v) is 9.69. The van der Waals surface area contributed by atoms with Crippen molar-refractivity contribution in [1.29, 1.82) is 0 Å². The Bertz CT molecular complexity index is 1100. The molecular weight excluding hydrogens is 423 g/mol. The second-order valence-corrected chi connectivity index (χ2v) is 7.45. The van der Waals surface area contributed by atoms with Crippen LogP contribution < -0.4 is 15.8 Å². The number of rotatable bonds is 4. The number of furan rings is 1. The third kappa shape index (κ3) is 3.54. The number of hydrogen-bond acceptors (Lipinski definition) is 5. The van der Waals surface area contributed by atoms with Crippen LogP contribution in [0.4, 0.5) is 14.6 Å². The zero-order valence-electron chi connectivity index (χ0n) is 15.4. The summed E-state index contributed by atoms with van der Waals surface area (Å²) in [4.78, 5) is 4.20. The second-order valence-electron chi connectivity index (χ2n) is 6.69. The van der Waals surface area contributed by atoms with Crippen LogP contribution in [-0.2, 0) is 0 Å². The Morgan fingerprint density at radius 2 is 2.00 bits per heavy atom. The highest BCUT2D eigenvalue weighted by Gasteiger charge is 2.25. The van der Waals surface area contributed by atoms with Crippen LogP contribution in [-0.4, -0.2) is 18.1 Å². The van der Waals surface area contributed by atoms with Crippen LogP contribution >= 0.6 is 23.2 Å². The molecule has 0 aliphatic carbocycles. The molecule has 3 N–H and O–H groups in total. The SMILES string of the molecule is C[C@@H](Oc1c(N)ncc2c(C3=CCNCC3)coc12)c1c(Cl)c(F)cc(F)c1Cl. The molecule has 0 bridgehead atoms. The minimum Gasteiger partial charge on any atom is -0.478 e. The Morgan fingerprint density at radius 3 is 2.66 bits per heavy atom. The lowest BCUT2D eigenvalue weighted by molar-refractivity contribution is 0.227. The minimum absolute atomic E-state index is 0.0184. The molecular formula is C20H17Cl2F2N3O2. The van der Waals surface area contributed by atoms with E-state index in [0.717, 1.165) is 36.0 Å². The van der Waals surface area contributed by atoms with E-state index in [-0.39, 0.29) is 27.2 Å². The Hall–Kier alpha value is -2.35. The summed E-state index contributed by atoms with van der Waals surface area (Å²) < 4.78 is 39.5. The zero-order valence-corrected chi connectivity index (χ0v) is 16.9. The molecule has 2 aromatic heterocycles. The third-order valence-corrected chi connectivity index (χ3v) is 5.63. The van der Waals surface area contributed by atoms with Crippen molar-refractivity contribution >= 4 is 45.6 Å². The van der Waals surface area contributed by atoms with E-state index in [0.29, 0.717) is 11.6 Å². The van der Waals surface area contributed by atoms with Gasteiger partial charge in [0.25, 0.3) is 0 Å². The van der Waals surface area contributed by atoms with E-state index >= 15 is 0 Å². The lowest BCUT2D eigenvalue weighted by atomic mass is 10.0. The number of fused-ring (bicyclic) bond motifs is 1. The molecule has 0 saturated heterocycles. The fourth-order valence-corrected chi connectivity index (χ4v) is 4.05. The van der Waals surface area contributed by atoms with E-state index in [1.54, 1.807) is 19.4 Å². The fraction of sp³-hybridized carbons (Fsp3) is 0.250. The zero-order chi connectivity index (χ0) is 20.7. The van der Waals surface area contributed by atoms with Gasteiger partial charge in [-0.25, -0.2) is 13.8 Å². The van der Waals surface area contributed by atoms with Gasteiger partial charge < -0.3 is 20.2 Å². The van der Waals surface area contributed by atoms with Gasteiger partial charge in [-0.15, -0.1) is 0 Å². The van der Waals surface area contributed by atoms with Crippen LogP contribution in [0, 0.1) is 11.6 Å². The van der Waals surface area contributed by atoms with Gasteiger partial charge in [-0.2, -0.15) is 0 Å². The van der Waals surface area contributed by atoms with E-state index < -0.39 is 17.7 Å². The number of nitrogen functional groups attached to an aromatic ring is 1. The molecule has 0 saturated carbocycles. The van der Waals surface area contributed by atoms with Crippen molar-refractivity contribution in [2.75, 3.05) is 18.8 Å². The molecule has 0 fully saturated rings. The number of hydrogen-bond donors (Lipinski definition) is 2. The van der Waals surface area contributed by atoms with Gasteiger partial charge in [0.15, 0.2) is 11.4 Å². The van der Waals surface area contributed by atoms with Crippen molar-refractivity contribution in [3.8, 4) is 5.75 Å². The summed E-state index contributed by atoms with van der Waals surface area (Å²) in [5, 5.41) is 3.35. The topological polar surface area (TPSA) is 73.3 Å². The van der Waals surface area contributed by atoms with Gasteiger partial charge in [0, 0.05) is 29.9 Å². The standard InChI is InChI=1S/C20H17Cl2F2N3O2/c1-9(15-16(21)13(23)6-14(24)17(15)22)29-19-18-11(7-27-20(19)25)12(8-28-18)10-2-4-26-5-3-10/h2,6-9,26H,3-5H2,1H3,(H2,25,27)/t9-/m1/s1. The molecule has 9 heteroatoms. The summed E-state index contributed by atoms with van der Waals surface area (Å²) in [7, 11) is 0. The number of aromatic nitrogens is 1. The van der Waals surface area contributed by atoms with Crippen LogP contribution in [0.2, 0.25) is 10.0 Å². The Balaban J connectivity index is 1.76. The third-order valence-electron chi connectivity index (χ3n) is 4.86. The normalized spacial score (nSPS) is 15.4. The molecule has 0 amide bonds. The van der Waals surface area contributed by atoms with Gasteiger partial charge >= 0.3 is 0 Å². The van der Waals surface area contributed by atoms with Gasteiger partial charge in [-0.1, -0.05) is 29.3 Å². The average Bonchev–Trinajstić information content (AvgIpc) is 3.14. The summed E-state index contributed by atoms with van der Waals surface area (Å²) in [6.45, 7) is 3.19. The molecule has 5 nitrogen and oxygen atoms in total. The molecule has 4 rings (SSSR count). The van der Waals surface area contributed by atoms with Crippen LogP contribution in [0.1, 0.15) is 30.6 Å². The van der Waals surface area contributed by atoms with Crippen LogP contribution in [0.3, 0.4) is 0 Å². The number of halogens is 4. The maximum absolute atomic E-state index is 13.9. The average molecular weight is 440 g/mol. The molecule has 1 aliphatic rings. The summed E-state index contributed by atoms with van der Waals surface area (Å²) in [5.41, 5.74) is 8.41. The Kier molecular flexibility index (Phi) is 5.38. The number of ether oxygens (including phenoxy) is 1. The number of nitrogens with zero attached hydrogens (tertiary/aromatic N) is 1. The van der Waals surface area contributed by atoms with Crippen molar-refractivity contribution in [3.05, 3.63) is 57.4 Å². The van der Waals surface area contributed by atoms with E-state index in [4.69, 9.17) is 38.1 Å². The van der Waals surface area contributed by atoms with Crippen molar-refractivity contribution in [3.63, 3.8) is 0 Å². The molecule has 1 atom stereocenters. The van der Waals surface area contributed by atoms with Gasteiger partial charge in [0.1, 0.15) is 17.7 Å². The van der Waals surface area contributed by atoms with Crippen LogP contribution in [0.25, 0.3) is 16.5 Å². The van der Waals surface area contributed by atoms with E-state index in [9.17, 15) is 8.78 Å². The first kappa shape index (κ1) is 19.9. The van der Waals surface area contributed by atoms with E-state index in [1.807, 2.05) is 0 Å². The number of anilines is 1. The number of benzene rings is 1. The van der Waals surface area contributed by atoms with Crippen molar-refractivity contribution < 1.29 is 17.9 Å². The Labute approximate surface area is 175 Å². The number of pyridine rings is 1. The van der Waals surface area contributed by atoms with E-state index in [1.165, 1.54) is 0 Å². The minimum atomic E-state index is -0.929. The van der Waals surface area contributed by atoms with Crippen molar-refractivity contribution in [2.45, 2.75) is 19.4 Å². The molecule has 3 heterocycles. The van der Waals surface area contributed by atoms with Gasteiger partial charge in [-0.3, -0.25) is 0 Å². The summed E-state index contributed by atoms with van der Waals surface area (Å²) in [6, 6.07) is 0.628. The lowest BCUT2D eigenvalue weighted by Crippen LogP contribution is -2.19. The van der Waals surface area contributed by atoms with Crippen molar-refractivity contribution in [1.82, 2.24) is 10.3 Å². The van der Waals surface area contributed by atoms with Crippen LogP contribution in [0.5, 0.6) is 5.75 Å². The van der Waals surface area contributed by atoms with Crippen molar-refractivity contribution in [2.24, 2.45) is 0 Å². The maximum atomic E-state index is 13.9. The smallest absolute Gasteiger partial charge is 0.205 e. The molecule has 152 valence electrons. The highest BCUT2D eigenvalue weighted by Crippen LogP contribution is 2.41. The molecule has 1 aromatic carbocycles. The Morgan fingerprint density at radius 1 is 1.28 bits per heavy atom. The summed E-state index contributed by atoms with van der Waals surface area (Å²) in [5.74, 6) is -1.62. The quantitative estimate of drug-likeness (QED) is 0.524. The van der Waals surface area contributed by atoms with Gasteiger partial charge in [0.2, 0.25) is 5.75 Å². The largest absolute Gasteiger partial charge is 0.478 e. The monoisotopic (exact) mass is 439 g/mol. The molecule has 0 unspecified atom stereocenters. The molecule has 0 radical (unpaired) electrons. The van der Waals surface area contributed by atoms with Gasteiger partial charge in [-0.05, 0) is 25.5 Å². The predicted octanol–water partition coefficient (Wildman–Crippen LogP) is 5.51. The lowest BCUT2D eigenvalue weighted by Gasteiger charge is -2.19. The van der Waals surface area contributed by atoms with Gasteiger partial charge in [0.05, 0.1) is 21.7 Å². The number of nitrogens with one attached hydrogen (secondary N) is 1. The second kappa shape index (κ2) is 7.82. The molecule has 1 aliphatic heterocycles. The predicted molar refractivity (Wildman–Crippen MR) is 109 cm³/mol. The highest BCUT2D eigenvalue weighted by atomic mass is 35.5. The first-order valence-electron chi connectivity index (χ1n) is 8.93. The van der Waals surface area contributed by atoms with Crippen LogP contribution in [0.15, 0.2) is 29.0 Å². The van der Waals surface area contributed by atoms with E-state index in [2.05, 4.69) is 16.4 Å².